The zero-order chi connectivity index (χ0) is 21.5. The molecule has 0 amide bonds. The van der Waals surface area contributed by atoms with Crippen LogP contribution in [0.3, 0.4) is 0 Å². The SMILES string of the molecule is Cc1c(-c2cccs2)nc2ccc(-c3cccc(C(O[SiH](C)C)C(C)(C)C)c3)cn12. The highest BCUT2D eigenvalue weighted by Crippen LogP contribution is 2.38. The fourth-order valence-corrected chi connectivity index (χ4v) is 5.79. The lowest BCUT2D eigenvalue weighted by Gasteiger charge is -2.33. The smallest absolute Gasteiger partial charge is 0.171 e. The van der Waals surface area contributed by atoms with E-state index in [0.717, 1.165) is 11.3 Å². The quantitative estimate of drug-likeness (QED) is 0.312. The number of fused-ring (bicyclic) bond motifs is 1. The molecule has 0 aliphatic carbocycles. The summed E-state index contributed by atoms with van der Waals surface area (Å²) in [5, 5.41) is 2.10. The van der Waals surface area contributed by atoms with E-state index in [0.29, 0.717) is 0 Å². The van der Waals surface area contributed by atoms with Crippen LogP contribution < -0.4 is 0 Å². The van der Waals surface area contributed by atoms with Gasteiger partial charge in [-0.2, -0.15) is 0 Å². The Morgan fingerprint density at radius 2 is 1.83 bits per heavy atom. The molecule has 0 fully saturated rings. The van der Waals surface area contributed by atoms with Gasteiger partial charge >= 0.3 is 0 Å². The Balaban J connectivity index is 1.75. The van der Waals surface area contributed by atoms with E-state index in [9.17, 15) is 0 Å². The second kappa shape index (κ2) is 8.14. The maximum atomic E-state index is 6.45. The standard InChI is InChI=1S/C25H30N2OSSi/c1-17-23(21-11-8-14-29-21)26-22-13-12-20(16-27(17)22)18-9-7-10-19(15-18)24(25(2,3)4)28-30(5)6/h7-16,24,30H,1-6H3. The molecule has 0 bridgehead atoms. The van der Waals surface area contributed by atoms with Gasteiger partial charge in [-0.1, -0.05) is 45.0 Å². The molecule has 0 N–H and O–H groups in total. The minimum atomic E-state index is -1.16. The largest absolute Gasteiger partial charge is 0.413 e. The summed E-state index contributed by atoms with van der Waals surface area (Å²) >= 11 is 1.73. The first-order valence-electron chi connectivity index (χ1n) is 10.5. The van der Waals surface area contributed by atoms with Crippen LogP contribution in [-0.4, -0.2) is 18.4 Å². The minimum absolute atomic E-state index is 0.0520. The van der Waals surface area contributed by atoms with Gasteiger partial charge in [0.1, 0.15) is 11.3 Å². The summed E-state index contributed by atoms with van der Waals surface area (Å²) in [5.41, 5.74) is 6.93. The van der Waals surface area contributed by atoms with Gasteiger partial charge in [0.25, 0.3) is 0 Å². The molecule has 156 valence electrons. The lowest BCUT2D eigenvalue weighted by atomic mass is 9.84. The van der Waals surface area contributed by atoms with Crippen molar-refractivity contribution in [3.63, 3.8) is 0 Å². The van der Waals surface area contributed by atoms with Gasteiger partial charge in [-0.05, 0) is 71.8 Å². The Kier molecular flexibility index (Phi) is 5.71. The number of aryl methyl sites for hydroxylation is 1. The second-order valence-corrected chi connectivity index (χ2v) is 12.5. The van der Waals surface area contributed by atoms with E-state index >= 15 is 0 Å². The molecule has 1 unspecified atom stereocenters. The second-order valence-electron chi connectivity index (χ2n) is 9.23. The van der Waals surface area contributed by atoms with E-state index in [1.807, 2.05) is 0 Å². The zero-order valence-electron chi connectivity index (χ0n) is 18.6. The van der Waals surface area contributed by atoms with Crippen molar-refractivity contribution in [1.29, 1.82) is 0 Å². The first kappa shape index (κ1) is 21.0. The van der Waals surface area contributed by atoms with E-state index in [1.165, 1.54) is 27.3 Å². The highest BCUT2D eigenvalue weighted by Gasteiger charge is 2.28. The number of hydrogen-bond acceptors (Lipinski definition) is 3. The van der Waals surface area contributed by atoms with Crippen molar-refractivity contribution < 1.29 is 4.43 Å². The van der Waals surface area contributed by atoms with Gasteiger partial charge in [0.05, 0.1) is 11.0 Å². The minimum Gasteiger partial charge on any atom is -0.413 e. The summed E-state index contributed by atoms with van der Waals surface area (Å²) in [5.74, 6) is 0. The van der Waals surface area contributed by atoms with Gasteiger partial charge in [-0.15, -0.1) is 11.3 Å². The number of aromatic nitrogens is 2. The van der Waals surface area contributed by atoms with E-state index in [-0.39, 0.29) is 11.5 Å². The van der Waals surface area contributed by atoms with Crippen LogP contribution in [0.2, 0.25) is 13.1 Å². The van der Waals surface area contributed by atoms with Crippen molar-refractivity contribution in [1.82, 2.24) is 9.38 Å². The molecule has 5 heteroatoms. The van der Waals surface area contributed by atoms with Crippen LogP contribution in [0.1, 0.15) is 38.1 Å². The summed E-state index contributed by atoms with van der Waals surface area (Å²) in [6.45, 7) is 13.4. The van der Waals surface area contributed by atoms with Crippen molar-refractivity contribution in [3.8, 4) is 21.7 Å². The van der Waals surface area contributed by atoms with Crippen molar-refractivity contribution >= 4 is 26.0 Å². The predicted octanol–water partition coefficient (Wildman–Crippen LogP) is 7.13. The number of rotatable bonds is 5. The van der Waals surface area contributed by atoms with Crippen molar-refractivity contribution in [2.24, 2.45) is 5.41 Å². The molecular weight excluding hydrogens is 404 g/mol. The first-order valence-corrected chi connectivity index (χ1v) is 14.2. The summed E-state index contributed by atoms with van der Waals surface area (Å²) in [4.78, 5) is 6.07. The van der Waals surface area contributed by atoms with Crippen LogP contribution in [-0.2, 0) is 4.43 Å². The molecule has 30 heavy (non-hydrogen) atoms. The molecule has 1 aromatic carbocycles. The third kappa shape index (κ3) is 4.15. The maximum Gasteiger partial charge on any atom is 0.171 e. The molecule has 4 aromatic rings. The number of hydrogen-bond donors (Lipinski definition) is 0. The lowest BCUT2D eigenvalue weighted by Crippen LogP contribution is -2.25. The molecule has 0 aliphatic rings. The number of thiophene rings is 1. The van der Waals surface area contributed by atoms with Crippen LogP contribution >= 0.6 is 11.3 Å². The summed E-state index contributed by atoms with van der Waals surface area (Å²) in [6.07, 6.45) is 2.31. The fourth-order valence-electron chi connectivity index (χ4n) is 3.92. The predicted molar refractivity (Wildman–Crippen MR) is 131 cm³/mol. The fraction of sp³-hybridized carbons (Fsp3) is 0.320. The van der Waals surface area contributed by atoms with Gasteiger partial charge in [-0.25, -0.2) is 4.98 Å². The van der Waals surface area contributed by atoms with Crippen LogP contribution in [0.5, 0.6) is 0 Å². The Bertz CT molecular complexity index is 1160. The zero-order valence-corrected chi connectivity index (χ0v) is 20.6. The Hall–Kier alpha value is -2.21. The Morgan fingerprint density at radius 1 is 1.03 bits per heavy atom. The van der Waals surface area contributed by atoms with Gasteiger partial charge < -0.3 is 8.83 Å². The number of nitrogens with zero attached hydrogens (tertiary/aromatic N) is 2. The topological polar surface area (TPSA) is 26.5 Å². The van der Waals surface area contributed by atoms with E-state index in [1.54, 1.807) is 11.3 Å². The Labute approximate surface area is 185 Å². The molecule has 0 spiro atoms. The van der Waals surface area contributed by atoms with Crippen LogP contribution in [0.4, 0.5) is 0 Å². The first-order chi connectivity index (χ1) is 14.2. The van der Waals surface area contributed by atoms with Crippen molar-refractivity contribution in [3.05, 3.63) is 71.4 Å². The molecule has 3 nitrogen and oxygen atoms in total. The third-order valence-electron chi connectivity index (χ3n) is 5.33. The third-order valence-corrected chi connectivity index (χ3v) is 7.02. The number of pyridine rings is 1. The molecule has 0 aliphatic heterocycles. The van der Waals surface area contributed by atoms with Gasteiger partial charge in [0.15, 0.2) is 9.04 Å². The van der Waals surface area contributed by atoms with Gasteiger partial charge in [0.2, 0.25) is 0 Å². The average Bonchev–Trinajstić information content (AvgIpc) is 3.33. The van der Waals surface area contributed by atoms with Crippen molar-refractivity contribution in [2.45, 2.75) is 46.9 Å². The molecule has 3 heterocycles. The molecule has 0 radical (unpaired) electrons. The normalized spacial score (nSPS) is 13.3. The van der Waals surface area contributed by atoms with E-state index < -0.39 is 9.04 Å². The summed E-state index contributed by atoms with van der Waals surface area (Å²) in [6, 6.07) is 17.3. The van der Waals surface area contributed by atoms with Gasteiger partial charge in [-0.3, -0.25) is 0 Å². The van der Waals surface area contributed by atoms with Crippen LogP contribution in [0.25, 0.3) is 27.3 Å². The van der Waals surface area contributed by atoms with E-state index in [4.69, 9.17) is 9.41 Å². The van der Waals surface area contributed by atoms with E-state index in [2.05, 4.69) is 105 Å². The lowest BCUT2D eigenvalue weighted by molar-refractivity contribution is 0.0866. The Morgan fingerprint density at radius 3 is 2.50 bits per heavy atom. The van der Waals surface area contributed by atoms with Crippen molar-refractivity contribution in [2.75, 3.05) is 0 Å². The highest BCUT2D eigenvalue weighted by molar-refractivity contribution is 7.13. The molecule has 3 aromatic heterocycles. The maximum absolute atomic E-state index is 6.45. The summed E-state index contributed by atoms with van der Waals surface area (Å²) in [7, 11) is -1.16. The number of imidazole rings is 1. The summed E-state index contributed by atoms with van der Waals surface area (Å²) < 4.78 is 8.65. The molecular formula is C25H30N2OSSi. The molecule has 0 saturated carbocycles. The molecule has 1 atom stereocenters. The van der Waals surface area contributed by atoms with Crippen LogP contribution in [0.15, 0.2) is 60.1 Å². The molecule has 4 rings (SSSR count). The average molecular weight is 435 g/mol. The highest BCUT2D eigenvalue weighted by atomic mass is 32.1. The number of benzene rings is 1. The molecule has 0 saturated heterocycles. The van der Waals surface area contributed by atoms with Gasteiger partial charge in [0, 0.05) is 11.9 Å². The van der Waals surface area contributed by atoms with Crippen LogP contribution in [0, 0.1) is 12.3 Å². The monoisotopic (exact) mass is 434 g/mol.